The minimum absolute atomic E-state index is 0.00295. The number of ether oxygens (including phenoxy) is 1. The van der Waals surface area contributed by atoms with Gasteiger partial charge in [-0.05, 0) is 64.4 Å². The van der Waals surface area contributed by atoms with E-state index >= 15 is 0 Å². The molecule has 1 amide bonds. The third-order valence-electron chi connectivity index (χ3n) is 6.45. The maximum atomic E-state index is 14.7. The lowest BCUT2D eigenvalue weighted by molar-refractivity contribution is 0.0159. The van der Waals surface area contributed by atoms with E-state index in [0.717, 1.165) is 22.0 Å². The molecule has 5 rings (SSSR count). The molecule has 0 N–H and O–H groups in total. The van der Waals surface area contributed by atoms with E-state index in [-0.39, 0.29) is 18.0 Å². The number of halogens is 1. The molecule has 1 aromatic carbocycles. The van der Waals surface area contributed by atoms with Crippen LogP contribution in [0.5, 0.6) is 0 Å². The van der Waals surface area contributed by atoms with Gasteiger partial charge in [-0.3, -0.25) is 4.68 Å². The number of rotatable bonds is 2. The Morgan fingerprint density at radius 1 is 1.17 bits per heavy atom. The normalized spacial score (nSPS) is 16.7. The molecule has 0 unspecified atom stereocenters. The summed E-state index contributed by atoms with van der Waals surface area (Å²) in [7, 11) is 1.77. The Morgan fingerprint density at radius 2 is 1.94 bits per heavy atom. The molecule has 9 heteroatoms. The van der Waals surface area contributed by atoms with Crippen LogP contribution in [0, 0.1) is 12.7 Å². The Balaban J connectivity index is 1.40. The van der Waals surface area contributed by atoms with Crippen LogP contribution in [0.1, 0.15) is 33.3 Å². The van der Waals surface area contributed by atoms with Crippen molar-refractivity contribution >= 4 is 33.7 Å². The lowest BCUT2D eigenvalue weighted by Crippen LogP contribution is -2.55. The molecule has 188 valence electrons. The fraction of sp³-hybridized carbons (Fsp3) is 0.407. The summed E-state index contributed by atoms with van der Waals surface area (Å²) < 4.78 is 21.8. The number of fused-ring (bicyclic) bond motifs is 2. The number of carbonyl (C=O) groups is 1. The minimum atomic E-state index is -0.519. The average molecular weight is 491 g/mol. The van der Waals surface area contributed by atoms with Crippen molar-refractivity contribution in [1.82, 2.24) is 24.6 Å². The summed E-state index contributed by atoms with van der Waals surface area (Å²) in [5, 5.41) is 5.86. The van der Waals surface area contributed by atoms with E-state index in [9.17, 15) is 9.18 Å². The molecule has 1 aliphatic rings. The lowest BCUT2D eigenvalue weighted by atomic mass is 10.0. The van der Waals surface area contributed by atoms with E-state index < -0.39 is 5.60 Å². The Bertz CT molecular complexity index is 1470. The Hall–Kier alpha value is -3.75. The van der Waals surface area contributed by atoms with Gasteiger partial charge in [0.1, 0.15) is 11.1 Å². The van der Waals surface area contributed by atoms with Crippen LogP contribution in [-0.4, -0.2) is 62.0 Å². The zero-order valence-electron chi connectivity index (χ0n) is 21.5. The van der Waals surface area contributed by atoms with Gasteiger partial charge in [0.2, 0.25) is 0 Å². The number of hydrogen-bond acceptors (Lipinski definition) is 6. The highest BCUT2D eigenvalue weighted by Gasteiger charge is 2.31. The number of nitrogens with zero attached hydrogens (tertiary/aromatic N) is 6. The fourth-order valence-corrected chi connectivity index (χ4v) is 4.72. The summed E-state index contributed by atoms with van der Waals surface area (Å²) in [6.45, 7) is 11.6. The highest BCUT2D eigenvalue weighted by atomic mass is 19.1. The zero-order chi connectivity index (χ0) is 25.8. The first-order valence-corrected chi connectivity index (χ1v) is 12.1. The van der Waals surface area contributed by atoms with Crippen molar-refractivity contribution in [3.63, 3.8) is 0 Å². The SMILES string of the molecule is Cc1cc(-c2cc(F)c3nn(C)cc3c2)nc2ncc(N3CCN(C(=O)OC(C)(C)C)[C@@H](C)C3)cc12. The fourth-order valence-electron chi connectivity index (χ4n) is 4.72. The van der Waals surface area contributed by atoms with Crippen molar-refractivity contribution in [2.45, 2.75) is 46.3 Å². The van der Waals surface area contributed by atoms with Gasteiger partial charge in [0.05, 0.1) is 17.6 Å². The van der Waals surface area contributed by atoms with E-state index in [1.807, 2.05) is 52.9 Å². The van der Waals surface area contributed by atoms with E-state index in [2.05, 4.69) is 21.0 Å². The first kappa shape index (κ1) is 24.0. The van der Waals surface area contributed by atoms with Crippen LogP contribution < -0.4 is 4.90 Å². The number of anilines is 1. The summed E-state index contributed by atoms with van der Waals surface area (Å²) in [5.74, 6) is -0.370. The smallest absolute Gasteiger partial charge is 0.410 e. The van der Waals surface area contributed by atoms with Crippen LogP contribution in [0.3, 0.4) is 0 Å². The highest BCUT2D eigenvalue weighted by Crippen LogP contribution is 2.30. The van der Waals surface area contributed by atoms with Gasteiger partial charge in [0.15, 0.2) is 11.5 Å². The van der Waals surface area contributed by atoms with Gasteiger partial charge in [-0.2, -0.15) is 5.10 Å². The number of benzene rings is 1. The summed E-state index contributed by atoms with van der Waals surface area (Å²) in [5.41, 5.74) is 3.80. The Morgan fingerprint density at radius 3 is 2.67 bits per heavy atom. The molecule has 3 aromatic heterocycles. The third-order valence-corrected chi connectivity index (χ3v) is 6.45. The number of pyridine rings is 2. The number of carbonyl (C=O) groups excluding carboxylic acids is 1. The number of aromatic nitrogens is 4. The van der Waals surface area contributed by atoms with E-state index in [1.54, 1.807) is 22.8 Å². The quantitative estimate of drug-likeness (QED) is 0.390. The molecule has 4 aromatic rings. The molecule has 4 heterocycles. The maximum absolute atomic E-state index is 14.7. The molecule has 0 aliphatic carbocycles. The molecule has 0 radical (unpaired) electrons. The summed E-state index contributed by atoms with van der Waals surface area (Å²) in [6.07, 6.45) is 3.34. The molecule has 1 aliphatic heterocycles. The van der Waals surface area contributed by atoms with Crippen LogP contribution in [-0.2, 0) is 11.8 Å². The van der Waals surface area contributed by atoms with Gasteiger partial charge in [-0.1, -0.05) is 0 Å². The Kier molecular flexibility index (Phi) is 5.81. The van der Waals surface area contributed by atoms with E-state index in [1.165, 1.54) is 6.07 Å². The first-order valence-electron chi connectivity index (χ1n) is 12.1. The summed E-state index contributed by atoms with van der Waals surface area (Å²) >= 11 is 0. The molecule has 0 bridgehead atoms. The molecular formula is C27H31FN6O2. The highest BCUT2D eigenvalue weighted by molar-refractivity contribution is 5.88. The van der Waals surface area contributed by atoms with Crippen molar-refractivity contribution in [1.29, 1.82) is 0 Å². The van der Waals surface area contributed by atoms with Gasteiger partial charge in [-0.15, -0.1) is 0 Å². The van der Waals surface area contributed by atoms with Crippen LogP contribution >= 0.6 is 0 Å². The summed E-state index contributed by atoms with van der Waals surface area (Å²) in [6, 6.07) is 7.44. The number of hydrogen-bond donors (Lipinski definition) is 0. The molecular weight excluding hydrogens is 459 g/mol. The van der Waals surface area contributed by atoms with Crippen molar-refractivity contribution in [3.05, 3.63) is 48.0 Å². The molecule has 0 saturated carbocycles. The van der Waals surface area contributed by atoms with Crippen LogP contribution in [0.4, 0.5) is 14.9 Å². The van der Waals surface area contributed by atoms with Crippen LogP contribution in [0.25, 0.3) is 33.2 Å². The van der Waals surface area contributed by atoms with Crippen LogP contribution in [0.15, 0.2) is 36.7 Å². The van der Waals surface area contributed by atoms with Crippen molar-refractivity contribution in [3.8, 4) is 11.3 Å². The van der Waals surface area contributed by atoms with Gasteiger partial charge in [0.25, 0.3) is 0 Å². The van der Waals surface area contributed by atoms with Crippen molar-refractivity contribution < 1.29 is 13.9 Å². The predicted molar refractivity (Wildman–Crippen MR) is 139 cm³/mol. The number of amides is 1. The summed E-state index contributed by atoms with van der Waals surface area (Å²) in [4.78, 5) is 26.0. The maximum Gasteiger partial charge on any atom is 0.410 e. The minimum Gasteiger partial charge on any atom is -0.444 e. The monoisotopic (exact) mass is 490 g/mol. The van der Waals surface area contributed by atoms with Crippen molar-refractivity contribution in [2.75, 3.05) is 24.5 Å². The van der Waals surface area contributed by atoms with Gasteiger partial charge in [0, 0.05) is 55.3 Å². The molecule has 8 nitrogen and oxygen atoms in total. The number of aryl methyl sites for hydroxylation is 2. The van der Waals surface area contributed by atoms with Crippen molar-refractivity contribution in [2.24, 2.45) is 7.05 Å². The van der Waals surface area contributed by atoms with Crippen LogP contribution in [0.2, 0.25) is 0 Å². The predicted octanol–water partition coefficient (Wildman–Crippen LogP) is 5.08. The van der Waals surface area contributed by atoms with Gasteiger partial charge in [-0.25, -0.2) is 19.2 Å². The average Bonchev–Trinajstić information content (AvgIpc) is 3.18. The number of piperazine rings is 1. The second-order valence-corrected chi connectivity index (χ2v) is 10.6. The van der Waals surface area contributed by atoms with Gasteiger partial charge < -0.3 is 14.5 Å². The molecule has 1 atom stereocenters. The van der Waals surface area contributed by atoms with E-state index in [0.29, 0.717) is 42.1 Å². The lowest BCUT2D eigenvalue weighted by Gasteiger charge is -2.41. The van der Waals surface area contributed by atoms with E-state index in [4.69, 9.17) is 9.72 Å². The second-order valence-electron chi connectivity index (χ2n) is 10.6. The molecule has 36 heavy (non-hydrogen) atoms. The third kappa shape index (κ3) is 4.57. The molecule has 0 spiro atoms. The Labute approximate surface area is 209 Å². The first-order chi connectivity index (χ1) is 17.0. The largest absolute Gasteiger partial charge is 0.444 e. The topological polar surface area (TPSA) is 76.4 Å². The second kappa shape index (κ2) is 8.72. The van der Waals surface area contributed by atoms with Gasteiger partial charge >= 0.3 is 6.09 Å². The molecule has 1 saturated heterocycles. The molecule has 1 fully saturated rings. The standard InChI is InChI=1S/C27H31FN6O2/c1-16-9-23(18-10-19-15-32(6)31-24(19)22(28)11-18)30-25-21(16)12-20(13-29-25)33-7-8-34(17(2)14-33)26(35)36-27(3,4)5/h9-13,15,17H,7-8,14H2,1-6H3/t17-/m0/s1. The zero-order valence-corrected chi connectivity index (χ0v) is 21.5.